The van der Waals surface area contributed by atoms with Gasteiger partial charge in [0.05, 0.1) is 35.7 Å². The smallest absolute Gasteiger partial charge is 0.270 e. The van der Waals surface area contributed by atoms with Crippen molar-refractivity contribution in [1.82, 2.24) is 25.2 Å². The average Bonchev–Trinajstić information content (AvgIpc) is 2.90. The summed E-state index contributed by atoms with van der Waals surface area (Å²) >= 11 is 1.51. The van der Waals surface area contributed by atoms with Gasteiger partial charge in [0.1, 0.15) is 17.7 Å². The first-order valence-electron chi connectivity index (χ1n) is 11.6. The first-order valence-corrected chi connectivity index (χ1v) is 12.6. The molecule has 2 aliphatic heterocycles. The van der Waals surface area contributed by atoms with Crippen LogP contribution in [0.1, 0.15) is 16.1 Å². The van der Waals surface area contributed by atoms with Crippen LogP contribution in [-0.4, -0.2) is 88.8 Å². The fourth-order valence-corrected chi connectivity index (χ4v) is 5.05. The number of aliphatic hydroxyl groups is 1. The second-order valence-electron chi connectivity index (χ2n) is 8.46. The number of nitrogens with one attached hydrogen (secondary N) is 2. The van der Waals surface area contributed by atoms with Crippen LogP contribution in [0.5, 0.6) is 5.88 Å². The van der Waals surface area contributed by atoms with Crippen molar-refractivity contribution in [3.05, 3.63) is 47.8 Å². The van der Waals surface area contributed by atoms with Gasteiger partial charge in [0.2, 0.25) is 5.88 Å². The van der Waals surface area contributed by atoms with Crippen molar-refractivity contribution in [2.24, 2.45) is 0 Å². The summed E-state index contributed by atoms with van der Waals surface area (Å²) in [5.41, 5.74) is 3.15. The molecule has 0 radical (unpaired) electrons. The number of thioether (sulfide) groups is 1. The van der Waals surface area contributed by atoms with E-state index in [1.165, 1.54) is 11.8 Å². The SMILES string of the molecule is COc1ccc2nccc(CCN3CCOC(CNC(=O)c4ccc5c(n4)NC(O)CS5)C3)c2n1. The Morgan fingerprint density at radius 3 is 3.11 bits per heavy atom. The highest BCUT2D eigenvalue weighted by molar-refractivity contribution is 7.99. The molecule has 10 nitrogen and oxygen atoms in total. The monoisotopic (exact) mass is 496 g/mol. The average molecular weight is 497 g/mol. The summed E-state index contributed by atoms with van der Waals surface area (Å²) in [7, 11) is 1.61. The van der Waals surface area contributed by atoms with E-state index in [1.54, 1.807) is 13.2 Å². The number of methoxy groups -OCH3 is 1. The van der Waals surface area contributed by atoms with E-state index in [9.17, 15) is 9.90 Å². The molecule has 1 amide bonds. The molecule has 3 aromatic heterocycles. The normalized spacial score (nSPS) is 20.2. The molecule has 0 aliphatic carbocycles. The Labute approximate surface area is 207 Å². The summed E-state index contributed by atoms with van der Waals surface area (Å²) in [5, 5.41) is 15.6. The van der Waals surface area contributed by atoms with Crippen molar-refractivity contribution < 1.29 is 19.4 Å². The van der Waals surface area contributed by atoms with Crippen molar-refractivity contribution in [2.75, 3.05) is 51.0 Å². The van der Waals surface area contributed by atoms with E-state index in [0.29, 0.717) is 36.3 Å². The van der Waals surface area contributed by atoms with E-state index in [2.05, 4.69) is 30.5 Å². The number of nitrogens with zero attached hydrogens (tertiary/aromatic N) is 4. The summed E-state index contributed by atoms with van der Waals surface area (Å²) in [6.45, 7) is 3.42. The second-order valence-corrected chi connectivity index (χ2v) is 9.52. The summed E-state index contributed by atoms with van der Waals surface area (Å²) in [6, 6.07) is 9.31. The lowest BCUT2D eigenvalue weighted by Gasteiger charge is -2.33. The summed E-state index contributed by atoms with van der Waals surface area (Å²) in [4.78, 5) is 29.3. The zero-order valence-corrected chi connectivity index (χ0v) is 20.3. The summed E-state index contributed by atoms with van der Waals surface area (Å²) in [5.74, 6) is 1.41. The van der Waals surface area contributed by atoms with Gasteiger partial charge in [-0.3, -0.25) is 14.7 Å². The minimum atomic E-state index is -0.664. The third-order valence-electron chi connectivity index (χ3n) is 6.05. The molecule has 5 heterocycles. The molecule has 5 rings (SSSR count). The van der Waals surface area contributed by atoms with Crippen molar-refractivity contribution in [3.8, 4) is 5.88 Å². The maximum absolute atomic E-state index is 12.7. The molecular formula is C24H28N6O4S. The third-order valence-corrected chi connectivity index (χ3v) is 7.18. The van der Waals surface area contributed by atoms with Gasteiger partial charge < -0.3 is 25.2 Å². The van der Waals surface area contributed by atoms with Crippen LogP contribution in [0.15, 0.2) is 41.4 Å². The molecule has 184 valence electrons. The first-order chi connectivity index (χ1) is 17.1. The molecule has 35 heavy (non-hydrogen) atoms. The van der Waals surface area contributed by atoms with Crippen LogP contribution in [0.3, 0.4) is 0 Å². The number of aromatic nitrogens is 3. The Morgan fingerprint density at radius 2 is 2.23 bits per heavy atom. The Morgan fingerprint density at radius 1 is 1.31 bits per heavy atom. The predicted molar refractivity (Wildman–Crippen MR) is 133 cm³/mol. The molecule has 11 heteroatoms. The van der Waals surface area contributed by atoms with Gasteiger partial charge in [-0.15, -0.1) is 11.8 Å². The number of hydrogen-bond donors (Lipinski definition) is 3. The predicted octanol–water partition coefficient (Wildman–Crippen LogP) is 1.54. The van der Waals surface area contributed by atoms with Crippen molar-refractivity contribution in [3.63, 3.8) is 0 Å². The molecule has 1 saturated heterocycles. The number of morpholine rings is 1. The number of rotatable bonds is 7. The van der Waals surface area contributed by atoms with Gasteiger partial charge in [0.25, 0.3) is 5.91 Å². The van der Waals surface area contributed by atoms with Crippen molar-refractivity contribution >= 4 is 34.5 Å². The van der Waals surface area contributed by atoms with Crippen LogP contribution in [0, 0.1) is 0 Å². The summed E-state index contributed by atoms with van der Waals surface area (Å²) in [6.07, 6.45) is 1.87. The number of amides is 1. The van der Waals surface area contributed by atoms with Gasteiger partial charge in [-0.2, -0.15) is 0 Å². The van der Waals surface area contributed by atoms with Crippen LogP contribution >= 0.6 is 11.8 Å². The fourth-order valence-electron chi connectivity index (χ4n) is 4.22. The lowest BCUT2D eigenvalue weighted by atomic mass is 10.1. The van der Waals surface area contributed by atoms with E-state index in [0.717, 1.165) is 47.5 Å². The number of pyridine rings is 3. The van der Waals surface area contributed by atoms with Gasteiger partial charge >= 0.3 is 0 Å². The number of anilines is 1. The van der Waals surface area contributed by atoms with Gasteiger partial charge in [-0.1, -0.05) is 0 Å². The molecule has 0 bridgehead atoms. The highest BCUT2D eigenvalue weighted by Crippen LogP contribution is 2.31. The molecule has 0 saturated carbocycles. The zero-order valence-electron chi connectivity index (χ0n) is 19.4. The van der Waals surface area contributed by atoms with Gasteiger partial charge in [0, 0.05) is 44.2 Å². The Kier molecular flexibility index (Phi) is 7.28. The molecule has 3 N–H and O–H groups in total. The van der Waals surface area contributed by atoms with Gasteiger partial charge in [-0.25, -0.2) is 9.97 Å². The topological polar surface area (TPSA) is 122 Å². The molecule has 2 aliphatic rings. The molecule has 0 spiro atoms. The number of hydrogen-bond acceptors (Lipinski definition) is 10. The van der Waals surface area contributed by atoms with Crippen LogP contribution in [-0.2, 0) is 11.2 Å². The largest absolute Gasteiger partial charge is 0.481 e. The Bertz CT molecular complexity index is 1210. The molecular weight excluding hydrogens is 468 g/mol. The maximum atomic E-state index is 12.7. The minimum absolute atomic E-state index is 0.103. The lowest BCUT2D eigenvalue weighted by Crippen LogP contribution is -2.48. The van der Waals surface area contributed by atoms with E-state index >= 15 is 0 Å². The van der Waals surface area contributed by atoms with Crippen molar-refractivity contribution in [1.29, 1.82) is 0 Å². The van der Waals surface area contributed by atoms with E-state index < -0.39 is 6.23 Å². The van der Waals surface area contributed by atoms with Crippen LogP contribution in [0.25, 0.3) is 11.0 Å². The molecule has 0 aromatic carbocycles. The second kappa shape index (κ2) is 10.7. The fraction of sp³-hybridized carbons (Fsp3) is 0.417. The quantitative estimate of drug-likeness (QED) is 0.444. The van der Waals surface area contributed by atoms with E-state index in [1.807, 2.05) is 30.5 Å². The maximum Gasteiger partial charge on any atom is 0.270 e. The van der Waals surface area contributed by atoms with Gasteiger partial charge in [0.15, 0.2) is 0 Å². The highest BCUT2D eigenvalue weighted by atomic mass is 32.2. The third kappa shape index (κ3) is 5.64. The molecule has 3 aromatic rings. The van der Waals surface area contributed by atoms with Crippen LogP contribution < -0.4 is 15.4 Å². The minimum Gasteiger partial charge on any atom is -0.481 e. The Balaban J connectivity index is 1.15. The lowest BCUT2D eigenvalue weighted by molar-refractivity contribution is -0.0259. The number of ether oxygens (including phenoxy) is 2. The number of carbonyl (C=O) groups is 1. The van der Waals surface area contributed by atoms with Crippen LogP contribution in [0.4, 0.5) is 5.82 Å². The number of aliphatic hydroxyl groups excluding tert-OH is 1. The standard InChI is InChI=1S/C24H28N6O4S/c1-33-21-5-3-17-22(29-21)15(6-8-25-17)7-9-30-10-11-34-16(13-30)12-26-24(32)18-2-4-19-23(27-18)28-20(31)14-35-19/h2-6,8,16,20,31H,7,9-14H2,1H3,(H,26,32)(H,27,28). The first kappa shape index (κ1) is 23.7. The Hall–Kier alpha value is -2.99. The number of carbonyl (C=O) groups excluding carboxylic acids is 1. The van der Waals surface area contributed by atoms with Crippen molar-refractivity contribution in [2.45, 2.75) is 23.6 Å². The zero-order chi connectivity index (χ0) is 24.2. The highest BCUT2D eigenvalue weighted by Gasteiger charge is 2.23. The van der Waals surface area contributed by atoms with Gasteiger partial charge in [-0.05, 0) is 36.2 Å². The number of fused-ring (bicyclic) bond motifs is 2. The molecule has 2 unspecified atom stereocenters. The summed E-state index contributed by atoms with van der Waals surface area (Å²) < 4.78 is 11.2. The van der Waals surface area contributed by atoms with Crippen LogP contribution in [0.2, 0.25) is 0 Å². The molecule has 1 fully saturated rings. The molecule has 2 atom stereocenters. The van der Waals surface area contributed by atoms with E-state index in [4.69, 9.17) is 9.47 Å². The van der Waals surface area contributed by atoms with E-state index in [-0.39, 0.29) is 12.0 Å².